The summed E-state index contributed by atoms with van der Waals surface area (Å²) >= 11 is 0. The van der Waals surface area contributed by atoms with Crippen LogP contribution in [0.2, 0.25) is 0 Å². The third-order valence-electron chi connectivity index (χ3n) is 3.29. The number of carbonyl (C=O) groups excluding carboxylic acids is 1. The average molecular weight is 350 g/mol. The van der Waals surface area contributed by atoms with Gasteiger partial charge in [-0.3, -0.25) is 4.79 Å². The van der Waals surface area contributed by atoms with Gasteiger partial charge in [-0.25, -0.2) is 0 Å². The van der Waals surface area contributed by atoms with Gasteiger partial charge in [0.1, 0.15) is 6.10 Å². The molecule has 0 radical (unpaired) electrons. The molecule has 1 aromatic carbocycles. The van der Waals surface area contributed by atoms with Gasteiger partial charge in [-0.2, -0.15) is 0 Å². The smallest absolute Gasteiger partial charge is 0.250 e. The predicted molar refractivity (Wildman–Crippen MR) is 93.0 cm³/mol. The minimum absolute atomic E-state index is 0. The second-order valence-electron chi connectivity index (χ2n) is 5.30. The van der Waals surface area contributed by atoms with E-state index in [1.165, 1.54) is 0 Å². The van der Waals surface area contributed by atoms with E-state index in [1.807, 2.05) is 44.4 Å². The van der Waals surface area contributed by atoms with Crippen LogP contribution in [0.5, 0.6) is 0 Å². The van der Waals surface area contributed by atoms with Gasteiger partial charge in [-0.05, 0) is 19.7 Å². The van der Waals surface area contributed by atoms with Gasteiger partial charge in [-0.15, -0.1) is 24.8 Å². The second-order valence-corrected chi connectivity index (χ2v) is 5.30. The minimum atomic E-state index is -0.392. The van der Waals surface area contributed by atoms with Crippen molar-refractivity contribution in [2.45, 2.75) is 12.1 Å². The van der Waals surface area contributed by atoms with Crippen molar-refractivity contribution in [2.75, 3.05) is 40.3 Å². The molecule has 2 unspecified atom stereocenters. The van der Waals surface area contributed by atoms with Crippen LogP contribution >= 0.6 is 24.8 Å². The topological polar surface area (TPSA) is 53.6 Å². The van der Waals surface area contributed by atoms with Gasteiger partial charge < -0.3 is 20.3 Å². The van der Waals surface area contributed by atoms with E-state index in [0.29, 0.717) is 13.2 Å². The first-order valence-corrected chi connectivity index (χ1v) is 6.99. The first kappa shape index (κ1) is 21.1. The molecular weight excluding hydrogens is 325 g/mol. The Bertz CT molecular complexity index is 426. The number of carbonyl (C=O) groups is 1. The lowest BCUT2D eigenvalue weighted by molar-refractivity contribution is -0.135. The summed E-state index contributed by atoms with van der Waals surface area (Å²) in [6, 6.07) is 10.0. The molecule has 2 N–H and O–H groups in total. The molecule has 22 heavy (non-hydrogen) atoms. The quantitative estimate of drug-likeness (QED) is 0.839. The molecule has 1 fully saturated rings. The summed E-state index contributed by atoms with van der Waals surface area (Å²) in [4.78, 5) is 14.3. The second kappa shape index (κ2) is 10.8. The van der Waals surface area contributed by atoms with Crippen molar-refractivity contribution in [1.29, 1.82) is 0 Å². The van der Waals surface area contributed by atoms with E-state index < -0.39 is 6.10 Å². The van der Waals surface area contributed by atoms with Crippen LogP contribution in [0.1, 0.15) is 11.6 Å². The predicted octanol–water partition coefficient (Wildman–Crippen LogP) is 1.24. The van der Waals surface area contributed by atoms with Crippen molar-refractivity contribution in [1.82, 2.24) is 15.5 Å². The fourth-order valence-corrected chi connectivity index (χ4v) is 2.28. The molecule has 2 rings (SSSR count). The number of morpholine rings is 1. The molecule has 126 valence electrons. The Balaban J connectivity index is 0.00000220. The standard InChI is InChI=1S/C15H23N3O2.2ClH/c1-18(2)11-13(12-6-4-3-5-7-12)17-15(19)14-10-16-8-9-20-14;;/h3-7,13-14,16H,8-11H2,1-2H3,(H,17,19);2*1H. The van der Waals surface area contributed by atoms with Crippen molar-refractivity contribution in [3.05, 3.63) is 35.9 Å². The zero-order chi connectivity index (χ0) is 14.4. The summed E-state index contributed by atoms with van der Waals surface area (Å²) in [7, 11) is 4.00. The molecule has 1 aromatic rings. The molecule has 5 nitrogen and oxygen atoms in total. The Labute approximate surface area is 144 Å². The van der Waals surface area contributed by atoms with Gasteiger partial charge in [0.15, 0.2) is 0 Å². The van der Waals surface area contributed by atoms with Crippen molar-refractivity contribution >= 4 is 30.7 Å². The number of nitrogens with one attached hydrogen (secondary N) is 2. The van der Waals surface area contributed by atoms with Gasteiger partial charge in [-0.1, -0.05) is 30.3 Å². The molecule has 2 atom stereocenters. The fraction of sp³-hybridized carbons (Fsp3) is 0.533. The molecule has 0 saturated carbocycles. The van der Waals surface area contributed by atoms with Crippen molar-refractivity contribution in [3.8, 4) is 0 Å². The lowest BCUT2D eigenvalue weighted by Gasteiger charge is -2.27. The van der Waals surface area contributed by atoms with Crippen molar-refractivity contribution < 1.29 is 9.53 Å². The Hall–Kier alpha value is -0.850. The molecule has 0 aliphatic carbocycles. The van der Waals surface area contributed by atoms with E-state index in [9.17, 15) is 4.79 Å². The van der Waals surface area contributed by atoms with E-state index in [-0.39, 0.29) is 36.8 Å². The van der Waals surface area contributed by atoms with Crippen molar-refractivity contribution in [3.63, 3.8) is 0 Å². The van der Waals surface area contributed by atoms with Crippen LogP contribution in [-0.4, -0.2) is 57.2 Å². The molecule has 7 heteroatoms. The van der Waals surface area contributed by atoms with Crippen LogP contribution < -0.4 is 10.6 Å². The summed E-state index contributed by atoms with van der Waals surface area (Å²) in [5, 5.41) is 6.26. The molecule has 1 heterocycles. The number of ether oxygens (including phenoxy) is 1. The number of likely N-dealkylation sites (N-methyl/N-ethyl adjacent to an activating group) is 1. The van der Waals surface area contributed by atoms with E-state index >= 15 is 0 Å². The van der Waals surface area contributed by atoms with Crippen LogP contribution in [0.25, 0.3) is 0 Å². The molecule has 0 spiro atoms. The maximum absolute atomic E-state index is 12.3. The van der Waals surface area contributed by atoms with E-state index in [2.05, 4.69) is 15.5 Å². The van der Waals surface area contributed by atoms with Gasteiger partial charge in [0.25, 0.3) is 5.91 Å². The van der Waals surface area contributed by atoms with Crippen LogP contribution in [-0.2, 0) is 9.53 Å². The first-order valence-electron chi connectivity index (χ1n) is 6.99. The molecular formula is C15H25Cl2N3O2. The minimum Gasteiger partial charge on any atom is -0.366 e. The highest BCUT2D eigenvalue weighted by molar-refractivity contribution is 5.85. The number of hydrogen-bond acceptors (Lipinski definition) is 4. The average Bonchev–Trinajstić information content (AvgIpc) is 2.48. The maximum Gasteiger partial charge on any atom is 0.250 e. The van der Waals surface area contributed by atoms with Crippen LogP contribution in [0, 0.1) is 0 Å². The lowest BCUT2D eigenvalue weighted by atomic mass is 10.1. The van der Waals surface area contributed by atoms with Crippen molar-refractivity contribution in [2.24, 2.45) is 0 Å². The number of amides is 1. The fourth-order valence-electron chi connectivity index (χ4n) is 2.28. The number of rotatable bonds is 5. The highest BCUT2D eigenvalue weighted by atomic mass is 35.5. The number of halogens is 2. The molecule has 1 aliphatic heterocycles. The van der Waals surface area contributed by atoms with Crippen LogP contribution in [0.4, 0.5) is 0 Å². The molecule has 0 bridgehead atoms. The van der Waals surface area contributed by atoms with Gasteiger partial charge in [0.05, 0.1) is 12.6 Å². The monoisotopic (exact) mass is 349 g/mol. The Morgan fingerprint density at radius 2 is 2.05 bits per heavy atom. The summed E-state index contributed by atoms with van der Waals surface area (Å²) < 4.78 is 5.49. The number of nitrogens with zero attached hydrogens (tertiary/aromatic N) is 1. The summed E-state index contributed by atoms with van der Waals surface area (Å²) in [6.45, 7) is 2.73. The number of hydrogen-bond donors (Lipinski definition) is 2. The van der Waals surface area contributed by atoms with Gasteiger partial charge in [0.2, 0.25) is 0 Å². The van der Waals surface area contributed by atoms with E-state index in [0.717, 1.165) is 18.7 Å². The summed E-state index contributed by atoms with van der Waals surface area (Å²) in [6.07, 6.45) is -0.392. The largest absolute Gasteiger partial charge is 0.366 e. The molecule has 1 saturated heterocycles. The summed E-state index contributed by atoms with van der Waals surface area (Å²) in [5.41, 5.74) is 1.11. The third kappa shape index (κ3) is 6.50. The van der Waals surface area contributed by atoms with Crippen LogP contribution in [0.3, 0.4) is 0 Å². The third-order valence-corrected chi connectivity index (χ3v) is 3.29. The van der Waals surface area contributed by atoms with Gasteiger partial charge in [0, 0.05) is 19.6 Å². The molecule has 1 aliphatic rings. The summed E-state index contributed by atoms with van der Waals surface area (Å²) in [5.74, 6) is -0.0482. The zero-order valence-corrected chi connectivity index (χ0v) is 14.6. The SMILES string of the molecule is CN(C)CC(NC(=O)C1CNCCO1)c1ccccc1.Cl.Cl. The van der Waals surface area contributed by atoms with E-state index in [4.69, 9.17) is 4.74 Å². The van der Waals surface area contributed by atoms with Crippen LogP contribution in [0.15, 0.2) is 30.3 Å². The normalized spacial score (nSPS) is 18.8. The highest BCUT2D eigenvalue weighted by Crippen LogP contribution is 2.14. The van der Waals surface area contributed by atoms with E-state index in [1.54, 1.807) is 0 Å². The lowest BCUT2D eigenvalue weighted by Crippen LogP contribution is -2.49. The Kier molecular flexibility index (Phi) is 10.4. The highest BCUT2D eigenvalue weighted by Gasteiger charge is 2.24. The van der Waals surface area contributed by atoms with Gasteiger partial charge >= 0.3 is 0 Å². The Morgan fingerprint density at radius 1 is 1.36 bits per heavy atom. The Morgan fingerprint density at radius 3 is 2.59 bits per heavy atom. The molecule has 0 aromatic heterocycles. The number of benzene rings is 1. The maximum atomic E-state index is 12.3. The first-order chi connectivity index (χ1) is 9.66. The molecule has 1 amide bonds. The zero-order valence-electron chi connectivity index (χ0n) is 13.0.